The van der Waals surface area contributed by atoms with Crippen molar-refractivity contribution in [3.63, 3.8) is 0 Å². The molecule has 19 atom stereocenters. The van der Waals surface area contributed by atoms with Crippen LogP contribution < -0.4 is 0 Å². The summed E-state index contributed by atoms with van der Waals surface area (Å²) in [5.74, 6) is -2.58. The van der Waals surface area contributed by atoms with Gasteiger partial charge in [0.05, 0.1) is 61.2 Å². The second-order valence-corrected chi connectivity index (χ2v) is 17.3. The molecule has 308 valence electrons. The van der Waals surface area contributed by atoms with Gasteiger partial charge in [-0.3, -0.25) is 4.79 Å². The van der Waals surface area contributed by atoms with E-state index in [4.69, 9.17) is 47.4 Å². The molecule has 0 aromatic rings. The lowest BCUT2D eigenvalue weighted by atomic mass is 9.55. The van der Waals surface area contributed by atoms with Crippen LogP contribution in [-0.4, -0.2) is 133 Å². The van der Waals surface area contributed by atoms with Gasteiger partial charge in [0, 0.05) is 38.9 Å². The van der Waals surface area contributed by atoms with Crippen LogP contribution in [0.2, 0.25) is 0 Å². The molecule has 5 saturated heterocycles. The minimum Gasteiger partial charge on any atom is -0.459 e. The molecule has 1 saturated carbocycles. The highest BCUT2D eigenvalue weighted by atomic mass is 16.8. The molecular formula is C40H58O15. The number of aliphatic hydroxyl groups excluding tert-OH is 3. The van der Waals surface area contributed by atoms with Gasteiger partial charge < -0.3 is 62.7 Å². The fourth-order valence-electron chi connectivity index (χ4n) is 10.6. The van der Waals surface area contributed by atoms with Gasteiger partial charge in [0.1, 0.15) is 24.4 Å². The molecule has 8 aliphatic rings. The van der Waals surface area contributed by atoms with Gasteiger partial charge in [-0.25, -0.2) is 4.79 Å². The van der Waals surface area contributed by atoms with Crippen molar-refractivity contribution >= 4 is 11.9 Å². The highest BCUT2D eigenvalue weighted by Gasteiger charge is 2.61. The van der Waals surface area contributed by atoms with E-state index in [-0.39, 0.29) is 48.8 Å². The summed E-state index contributed by atoms with van der Waals surface area (Å²) < 4.78 is 59.9. The summed E-state index contributed by atoms with van der Waals surface area (Å²) in [6.45, 7) is 9.52. The number of fused-ring (bicyclic) bond motifs is 3. The molecule has 6 heterocycles. The first-order valence-electron chi connectivity index (χ1n) is 20.1. The second-order valence-electron chi connectivity index (χ2n) is 17.3. The summed E-state index contributed by atoms with van der Waals surface area (Å²) >= 11 is 0. The lowest BCUT2D eigenvalue weighted by Crippen LogP contribution is -2.56. The van der Waals surface area contributed by atoms with Crippen LogP contribution in [0.4, 0.5) is 0 Å². The molecule has 55 heavy (non-hydrogen) atoms. The Labute approximate surface area is 321 Å². The van der Waals surface area contributed by atoms with Gasteiger partial charge in [0.25, 0.3) is 0 Å². The van der Waals surface area contributed by atoms with Crippen molar-refractivity contribution in [1.29, 1.82) is 0 Å². The first-order chi connectivity index (χ1) is 26.2. The molecule has 19 unspecified atom stereocenters. The van der Waals surface area contributed by atoms with Crippen LogP contribution in [0.15, 0.2) is 23.3 Å². The Bertz CT molecular complexity index is 1490. The average Bonchev–Trinajstić information content (AvgIpc) is 3.59. The van der Waals surface area contributed by atoms with E-state index in [2.05, 4.69) is 13.0 Å². The van der Waals surface area contributed by atoms with Crippen molar-refractivity contribution in [3.8, 4) is 0 Å². The monoisotopic (exact) mass is 778 g/mol. The maximum atomic E-state index is 13.7. The Balaban J connectivity index is 0.850. The van der Waals surface area contributed by atoms with Crippen molar-refractivity contribution in [2.24, 2.45) is 23.2 Å². The van der Waals surface area contributed by atoms with Gasteiger partial charge in [-0.2, -0.15) is 0 Å². The molecule has 6 aliphatic heterocycles. The fraction of sp³-hybridized carbons (Fsp3) is 0.850. The van der Waals surface area contributed by atoms with Crippen LogP contribution in [0.5, 0.6) is 0 Å². The number of hydrogen-bond donors (Lipinski definition) is 3. The normalized spacial score (nSPS) is 51.3. The van der Waals surface area contributed by atoms with E-state index in [1.807, 2.05) is 13.0 Å². The van der Waals surface area contributed by atoms with Crippen LogP contribution in [-0.2, 0) is 57.0 Å². The van der Waals surface area contributed by atoms with E-state index >= 15 is 0 Å². The third-order valence-corrected chi connectivity index (χ3v) is 13.8. The number of esters is 2. The summed E-state index contributed by atoms with van der Waals surface area (Å²) in [5, 5.41) is 32.6. The van der Waals surface area contributed by atoms with E-state index in [1.165, 1.54) is 12.7 Å². The minimum absolute atomic E-state index is 0.0510. The largest absolute Gasteiger partial charge is 0.459 e. The number of methoxy groups -OCH3 is 1. The number of hydrogen-bond acceptors (Lipinski definition) is 15. The van der Waals surface area contributed by atoms with Gasteiger partial charge in [0.2, 0.25) is 5.79 Å². The maximum Gasteiger partial charge on any atom is 0.336 e. The van der Waals surface area contributed by atoms with Gasteiger partial charge >= 0.3 is 11.9 Å². The van der Waals surface area contributed by atoms with Crippen molar-refractivity contribution in [3.05, 3.63) is 23.3 Å². The van der Waals surface area contributed by atoms with Gasteiger partial charge in [-0.15, -0.1) is 0 Å². The number of carbonyl (C=O) groups is 2. The predicted molar refractivity (Wildman–Crippen MR) is 188 cm³/mol. The molecule has 0 bridgehead atoms. The van der Waals surface area contributed by atoms with Crippen molar-refractivity contribution in [1.82, 2.24) is 0 Å². The highest BCUT2D eigenvalue weighted by Crippen LogP contribution is 2.56. The number of carbonyl (C=O) groups excluding carboxylic acids is 2. The molecule has 2 aliphatic carbocycles. The smallest absolute Gasteiger partial charge is 0.336 e. The topological polar surface area (TPSA) is 187 Å². The highest BCUT2D eigenvalue weighted by molar-refractivity contribution is 5.92. The number of allylic oxidation sites excluding steroid dienone is 2. The second kappa shape index (κ2) is 15.3. The zero-order chi connectivity index (χ0) is 39.0. The molecule has 6 fully saturated rings. The standard InChI is InChI=1S/C40H58O15/c1-18-34(43)28(46-6)16-32(48-18)54-36-20(3)50-31(15-27(36)42)53-35-19(2)49-30(14-26(35)41)51-22-11-12-39(4)21(13-22)7-8-23-25(39)10-9-24-33-29(52-37(23)44)17-47-40(33,5)55-38(24)45/h7,9,18-20,22-23,25-36,41-43H,8,10-17H2,1-6H3. The van der Waals surface area contributed by atoms with E-state index in [1.54, 1.807) is 20.8 Å². The van der Waals surface area contributed by atoms with Gasteiger partial charge in [-0.05, 0) is 64.2 Å². The molecule has 0 aromatic heterocycles. The summed E-state index contributed by atoms with van der Waals surface area (Å²) in [7, 11) is 1.53. The molecule has 15 heteroatoms. The van der Waals surface area contributed by atoms with Crippen molar-refractivity contribution in [2.75, 3.05) is 13.7 Å². The Hall–Kier alpha value is -2.02. The van der Waals surface area contributed by atoms with E-state index in [9.17, 15) is 24.9 Å². The number of ether oxygens (including phenoxy) is 10. The van der Waals surface area contributed by atoms with Gasteiger partial charge in [-0.1, -0.05) is 24.6 Å². The lowest BCUT2D eigenvalue weighted by molar-refractivity contribution is -0.336. The molecule has 8 rings (SSSR count). The minimum atomic E-state index is -1.11. The molecule has 0 spiro atoms. The zero-order valence-corrected chi connectivity index (χ0v) is 32.6. The van der Waals surface area contributed by atoms with E-state index in [0.29, 0.717) is 31.3 Å². The van der Waals surface area contributed by atoms with Crippen LogP contribution in [0.1, 0.15) is 86.0 Å². The Kier molecular flexibility index (Phi) is 11.1. The zero-order valence-electron chi connectivity index (χ0n) is 32.6. The predicted octanol–water partition coefficient (Wildman–Crippen LogP) is 2.56. The summed E-state index contributed by atoms with van der Waals surface area (Å²) in [5.41, 5.74) is 1.48. The molecule has 0 radical (unpaired) electrons. The Morgan fingerprint density at radius 3 is 2.11 bits per heavy atom. The van der Waals surface area contributed by atoms with Crippen molar-refractivity contribution < 1.29 is 72.3 Å². The Morgan fingerprint density at radius 2 is 1.45 bits per heavy atom. The van der Waals surface area contributed by atoms with E-state index in [0.717, 1.165) is 12.8 Å². The molecular weight excluding hydrogens is 720 g/mol. The average molecular weight is 779 g/mol. The van der Waals surface area contributed by atoms with E-state index < -0.39 is 97.6 Å². The number of aliphatic hydroxyl groups is 3. The van der Waals surface area contributed by atoms with Gasteiger partial charge in [0.15, 0.2) is 18.9 Å². The SMILES string of the molecule is COC1CC(OC2C(O)CC(OC3C(O)CC(OC4CCC5(C)C(=CCC6C(=O)OC7COC8(C)OC(=O)C(=CCC65)C78)C4)OC3C)OC2C)OC(C)C1O. The number of rotatable bonds is 7. The molecule has 0 aromatic carbocycles. The summed E-state index contributed by atoms with van der Waals surface area (Å²) in [6, 6.07) is 0. The van der Waals surface area contributed by atoms with Crippen LogP contribution in [0, 0.1) is 23.2 Å². The van der Waals surface area contributed by atoms with Crippen LogP contribution >= 0.6 is 0 Å². The third kappa shape index (κ3) is 7.34. The first kappa shape index (κ1) is 39.8. The quantitative estimate of drug-likeness (QED) is 0.253. The van der Waals surface area contributed by atoms with Crippen LogP contribution in [0.3, 0.4) is 0 Å². The molecule has 3 N–H and O–H groups in total. The summed E-state index contributed by atoms with van der Waals surface area (Å²) in [6.07, 6.45) is -0.766. The summed E-state index contributed by atoms with van der Waals surface area (Å²) in [4.78, 5) is 26.6. The third-order valence-electron chi connectivity index (χ3n) is 13.8. The first-order valence-corrected chi connectivity index (χ1v) is 20.1. The van der Waals surface area contributed by atoms with Crippen LogP contribution in [0.25, 0.3) is 0 Å². The molecule has 15 nitrogen and oxygen atoms in total. The maximum absolute atomic E-state index is 13.7. The van der Waals surface area contributed by atoms with Crippen molar-refractivity contribution in [2.45, 2.75) is 178 Å². The molecule has 0 amide bonds. The lowest BCUT2D eigenvalue weighted by Gasteiger charge is -2.50. The fourth-order valence-corrected chi connectivity index (χ4v) is 10.6. The Morgan fingerprint density at radius 1 is 0.818 bits per heavy atom.